The number of furan rings is 3. The number of rotatable bonds is 13. The molecule has 0 aliphatic rings. The first-order valence-electron chi connectivity index (χ1n) is 48.5. The number of hydrogen-bond acceptors (Lipinski definition) is 15. The number of fused-ring (bicyclic) bond motifs is 20. The zero-order valence-corrected chi connectivity index (χ0v) is 80.4. The van der Waals surface area contributed by atoms with Crippen LogP contribution in [0, 0.1) is 0 Å². The van der Waals surface area contributed by atoms with Crippen molar-refractivity contribution in [1.29, 1.82) is 0 Å². The number of thiophene rings is 3. The molecular weight excluding hydrogens is 1840 g/mol. The van der Waals surface area contributed by atoms with Crippen molar-refractivity contribution in [2.75, 3.05) is 0 Å². The highest BCUT2D eigenvalue weighted by molar-refractivity contribution is 7.27. The van der Waals surface area contributed by atoms with Crippen molar-refractivity contribution in [3.63, 3.8) is 0 Å². The minimum atomic E-state index is 0.596. The average molecular weight is 1920 g/mol. The maximum Gasteiger partial charge on any atom is 0.164 e. The summed E-state index contributed by atoms with van der Waals surface area (Å²) >= 11 is 5.53. The van der Waals surface area contributed by atoms with Crippen LogP contribution in [0.5, 0.6) is 0 Å². The number of hydrogen-bond donors (Lipinski definition) is 0. The van der Waals surface area contributed by atoms with E-state index >= 15 is 0 Å². The zero-order valence-electron chi connectivity index (χ0n) is 77.9. The first-order valence-corrected chi connectivity index (χ1v) is 50.9. The first kappa shape index (κ1) is 85.2. The van der Waals surface area contributed by atoms with Gasteiger partial charge in [0.2, 0.25) is 0 Å². The Balaban J connectivity index is 0.000000106. The van der Waals surface area contributed by atoms with Crippen molar-refractivity contribution >= 4 is 182 Å². The average Bonchev–Trinajstić information content (AvgIpc) is 1.65. The number of nitrogens with zero attached hydrogens (tertiary/aromatic N) is 9. The van der Waals surface area contributed by atoms with Gasteiger partial charge in [-0.05, 0) is 145 Å². The summed E-state index contributed by atoms with van der Waals surface area (Å²) < 4.78 is 26.5. The third kappa shape index (κ3) is 15.5. The molecule has 0 saturated heterocycles. The van der Waals surface area contributed by atoms with Crippen molar-refractivity contribution in [1.82, 2.24) is 44.9 Å². The highest BCUT2D eigenvalue weighted by Gasteiger charge is 2.24. The minimum absolute atomic E-state index is 0.596. The molecule has 9 heterocycles. The van der Waals surface area contributed by atoms with E-state index in [2.05, 4.69) is 388 Å². The van der Waals surface area contributed by atoms with Crippen LogP contribution >= 0.6 is 34.0 Å². The Morgan fingerprint density at radius 1 is 0.130 bits per heavy atom. The van der Waals surface area contributed by atoms with Crippen LogP contribution in [0.2, 0.25) is 0 Å². The van der Waals surface area contributed by atoms with Crippen LogP contribution in [0.3, 0.4) is 0 Å². The minimum Gasteiger partial charge on any atom is -0.456 e. The van der Waals surface area contributed by atoms with Gasteiger partial charge in [-0.3, -0.25) is 0 Å². The van der Waals surface area contributed by atoms with Crippen molar-refractivity contribution in [3.8, 4) is 147 Å². The van der Waals surface area contributed by atoms with Crippen LogP contribution in [-0.4, -0.2) is 44.9 Å². The Hall–Kier alpha value is -18.8. The molecular formula is C131H77N9O3S3. The van der Waals surface area contributed by atoms with Gasteiger partial charge < -0.3 is 13.3 Å². The first-order chi connectivity index (χ1) is 72.3. The second kappa shape index (κ2) is 35.8. The van der Waals surface area contributed by atoms with Gasteiger partial charge >= 0.3 is 0 Å². The molecule has 9 aromatic heterocycles. The number of benzene rings is 21. The molecule has 0 aliphatic carbocycles. The fourth-order valence-electron chi connectivity index (χ4n) is 20.4. The molecule has 30 rings (SSSR count). The second-order valence-corrected chi connectivity index (χ2v) is 39.6. The second-order valence-electron chi connectivity index (χ2n) is 36.5. The topological polar surface area (TPSA) is 155 Å². The lowest BCUT2D eigenvalue weighted by Crippen LogP contribution is -2.00. The molecule has 21 aromatic carbocycles. The SMILES string of the molecule is c1ccc(-c2ccc(-c3nc(-c4ccc(-c5cccc6c5sc5ccccc56)cc4)nc(-c4ccc5c(c4)oc4ccccc45)n3)cc2)cc1.c1ccc2c(-c3nc(-c4ccc(-c5cccc6c5sc5ccccc56)cc4)nc(-c4ccc5c(c4)oc4ccccc45)n3)cccc2c1.c1ccc2cc(-c3nc(-c4ccc(-c5cccc6c5sc5ccccc56)cc4)nc(-c4ccc5c(c4)oc4ccccc45)n3)ccc2c1. The predicted octanol–water partition coefficient (Wildman–Crippen LogP) is 36.4. The van der Waals surface area contributed by atoms with Gasteiger partial charge in [0.05, 0.1) is 0 Å². The smallest absolute Gasteiger partial charge is 0.164 e. The van der Waals surface area contributed by atoms with Crippen LogP contribution in [0.15, 0.2) is 480 Å². The predicted molar refractivity (Wildman–Crippen MR) is 606 cm³/mol. The maximum atomic E-state index is 6.24. The Morgan fingerprint density at radius 3 is 0.767 bits per heavy atom. The maximum absolute atomic E-state index is 6.24. The van der Waals surface area contributed by atoms with E-state index in [1.807, 2.05) is 113 Å². The normalized spacial score (nSPS) is 11.7. The van der Waals surface area contributed by atoms with Gasteiger partial charge in [0.1, 0.15) is 33.5 Å². The molecule has 12 nitrogen and oxygen atoms in total. The molecule has 0 bridgehead atoms. The fraction of sp³-hybridized carbons (Fsp3) is 0. The van der Waals surface area contributed by atoms with Crippen LogP contribution < -0.4 is 0 Å². The van der Waals surface area contributed by atoms with Crippen LogP contribution in [0.4, 0.5) is 0 Å². The van der Waals surface area contributed by atoms with Crippen LogP contribution in [-0.2, 0) is 0 Å². The molecule has 0 saturated carbocycles. The molecule has 682 valence electrons. The summed E-state index contributed by atoms with van der Waals surface area (Å²) in [5.74, 6) is 5.55. The Bertz CT molecular complexity index is 10400. The van der Waals surface area contributed by atoms with E-state index in [4.69, 9.17) is 58.1 Å². The molecule has 0 amide bonds. The van der Waals surface area contributed by atoms with E-state index in [0.717, 1.165) is 154 Å². The molecule has 0 fully saturated rings. The summed E-state index contributed by atoms with van der Waals surface area (Å²) in [6.45, 7) is 0. The molecule has 0 N–H and O–H groups in total. The summed E-state index contributed by atoms with van der Waals surface area (Å²) in [5.41, 5.74) is 22.7. The van der Waals surface area contributed by atoms with Crippen LogP contribution in [0.25, 0.3) is 295 Å². The highest BCUT2D eigenvalue weighted by Crippen LogP contribution is 2.47. The summed E-state index contributed by atoms with van der Waals surface area (Å²) in [5, 5.41) is 18.8. The van der Waals surface area contributed by atoms with Gasteiger partial charge in [-0.25, -0.2) is 44.9 Å². The third-order valence-corrected chi connectivity index (χ3v) is 31.3. The van der Waals surface area contributed by atoms with E-state index in [-0.39, 0.29) is 0 Å². The molecule has 0 atom stereocenters. The molecule has 0 unspecified atom stereocenters. The Morgan fingerprint density at radius 2 is 0.377 bits per heavy atom. The Labute approximate surface area is 847 Å². The van der Waals surface area contributed by atoms with Gasteiger partial charge in [-0.15, -0.1) is 34.0 Å². The van der Waals surface area contributed by atoms with Crippen molar-refractivity contribution in [3.05, 3.63) is 467 Å². The van der Waals surface area contributed by atoms with E-state index in [1.54, 1.807) is 0 Å². The standard InChI is InChI=1S/C45H27N3OS.2C43H25N3OS/c1-2-9-28(10-3-1)29-17-21-31(22-18-29)43-46-44(48-45(47-43)33-25-26-36-35-11-4-6-15-39(35)49-40(36)27-33)32-23-19-30(20-24-32)34-13-8-14-38-37-12-5-7-16-41(37)50-42(34)38;1-2-11-30-26(9-1)10-7-16-36(30)43-45-41(44-42(46-43)29-23-24-33-32-12-3-5-17-37(32)47-38(33)25-29)28-21-19-27(20-22-28)31-14-8-15-35-34-13-4-6-18-39(34)48-40(31)35;1-2-9-29-24-30(21-16-26(29)8-1)42-44-41(45-43(46-42)31-22-23-34-33-10-3-5-14-37(33)47-38(34)25-31)28-19-17-27(18-20-28)32-12-7-13-36-35-11-4-6-15-39(35)48-40(32)36/h1-27H;2*1-25H. The molecule has 15 heteroatoms. The van der Waals surface area contributed by atoms with E-state index < -0.39 is 0 Å². The lowest BCUT2D eigenvalue weighted by molar-refractivity contribution is 0.668. The third-order valence-electron chi connectivity index (χ3n) is 27.7. The quantitative estimate of drug-likeness (QED) is 0.108. The summed E-state index contributed by atoms with van der Waals surface area (Å²) in [4.78, 5) is 45.4. The highest BCUT2D eigenvalue weighted by atomic mass is 32.1. The van der Waals surface area contributed by atoms with Crippen molar-refractivity contribution < 1.29 is 13.3 Å². The van der Waals surface area contributed by atoms with Crippen molar-refractivity contribution in [2.45, 2.75) is 0 Å². The summed E-state index contributed by atoms with van der Waals surface area (Å²) in [6, 6.07) is 162. The molecule has 0 aliphatic heterocycles. The van der Waals surface area contributed by atoms with Gasteiger partial charge in [-0.2, -0.15) is 0 Å². The summed E-state index contributed by atoms with van der Waals surface area (Å²) in [7, 11) is 0. The largest absolute Gasteiger partial charge is 0.456 e. The monoisotopic (exact) mass is 1920 g/mol. The van der Waals surface area contributed by atoms with Gasteiger partial charge in [-0.1, -0.05) is 388 Å². The van der Waals surface area contributed by atoms with E-state index in [0.29, 0.717) is 52.4 Å². The zero-order chi connectivity index (χ0) is 96.2. The van der Waals surface area contributed by atoms with E-state index in [9.17, 15) is 0 Å². The molecule has 0 spiro atoms. The summed E-state index contributed by atoms with van der Waals surface area (Å²) in [6.07, 6.45) is 0. The number of aromatic nitrogens is 9. The van der Waals surface area contributed by atoms with Gasteiger partial charge in [0.15, 0.2) is 52.4 Å². The van der Waals surface area contributed by atoms with Gasteiger partial charge in [0.25, 0.3) is 0 Å². The lowest BCUT2D eigenvalue weighted by Gasteiger charge is -2.11. The van der Waals surface area contributed by atoms with E-state index in [1.165, 1.54) is 88.2 Å². The molecule has 146 heavy (non-hydrogen) atoms. The van der Waals surface area contributed by atoms with Gasteiger partial charge in [0, 0.05) is 143 Å². The lowest BCUT2D eigenvalue weighted by atomic mass is 10.0. The van der Waals surface area contributed by atoms with Crippen LogP contribution in [0.1, 0.15) is 0 Å². The number of para-hydroxylation sites is 3. The Kier molecular flexibility index (Phi) is 20.9. The fourth-order valence-corrected chi connectivity index (χ4v) is 24.1. The molecule has 0 radical (unpaired) electrons. The van der Waals surface area contributed by atoms with Crippen molar-refractivity contribution in [2.24, 2.45) is 0 Å². The molecule has 30 aromatic rings.